The van der Waals surface area contributed by atoms with Crippen molar-refractivity contribution >= 4 is 35.3 Å². The summed E-state index contributed by atoms with van der Waals surface area (Å²) in [6, 6.07) is 13.3. The van der Waals surface area contributed by atoms with Crippen molar-refractivity contribution in [1.29, 1.82) is 0 Å². The van der Waals surface area contributed by atoms with Crippen LogP contribution in [-0.4, -0.2) is 37.1 Å². The molecule has 2 heterocycles. The lowest BCUT2D eigenvalue weighted by Gasteiger charge is -2.20. The standard InChI is InChI=1S/C24H25N3O5S/c1-15(2)22(26-21(28)13-19-8-5-11-33-19)23(29)27-25-14-18-9-10-20(32-18)16-6-4-7-17(12-16)24(30)31-3/h4-12,14-15,22H,13H2,1-3H3,(H,26,28)(H,27,29)/b25-14-. The van der Waals surface area contributed by atoms with Crippen LogP contribution >= 0.6 is 11.3 Å². The SMILES string of the molecule is COC(=O)c1cccc(-c2ccc(/C=N\NC(=O)C(NC(=O)Cc3cccs3)C(C)C)o2)c1. The van der Waals surface area contributed by atoms with E-state index >= 15 is 0 Å². The van der Waals surface area contributed by atoms with E-state index in [0.717, 1.165) is 4.88 Å². The van der Waals surface area contributed by atoms with Gasteiger partial charge < -0.3 is 14.5 Å². The van der Waals surface area contributed by atoms with Gasteiger partial charge in [-0.1, -0.05) is 32.0 Å². The number of carbonyl (C=O) groups is 3. The third-order valence-electron chi connectivity index (χ3n) is 4.74. The van der Waals surface area contributed by atoms with E-state index in [4.69, 9.17) is 9.15 Å². The molecule has 2 N–H and O–H groups in total. The van der Waals surface area contributed by atoms with Crippen LogP contribution in [-0.2, 0) is 20.7 Å². The van der Waals surface area contributed by atoms with Gasteiger partial charge in [0.2, 0.25) is 5.91 Å². The average Bonchev–Trinajstić information content (AvgIpc) is 3.49. The van der Waals surface area contributed by atoms with Gasteiger partial charge in [0.25, 0.3) is 5.91 Å². The van der Waals surface area contributed by atoms with E-state index in [-0.39, 0.29) is 18.2 Å². The Bertz CT molecular complexity index is 1130. The van der Waals surface area contributed by atoms with Crippen molar-refractivity contribution in [2.24, 2.45) is 11.0 Å². The molecule has 172 valence electrons. The van der Waals surface area contributed by atoms with Gasteiger partial charge in [-0.05, 0) is 41.6 Å². The lowest BCUT2D eigenvalue weighted by Crippen LogP contribution is -2.49. The molecule has 1 atom stereocenters. The number of hydrazone groups is 1. The van der Waals surface area contributed by atoms with Crippen molar-refractivity contribution in [3.05, 3.63) is 70.1 Å². The number of furan rings is 1. The fraction of sp³-hybridized carbons (Fsp3) is 0.250. The minimum Gasteiger partial charge on any atom is -0.465 e. The molecule has 0 aliphatic rings. The van der Waals surface area contributed by atoms with Gasteiger partial charge in [0.1, 0.15) is 17.6 Å². The quantitative estimate of drug-likeness (QED) is 0.284. The monoisotopic (exact) mass is 467 g/mol. The summed E-state index contributed by atoms with van der Waals surface area (Å²) in [7, 11) is 1.32. The topological polar surface area (TPSA) is 110 Å². The van der Waals surface area contributed by atoms with E-state index in [1.54, 1.807) is 36.4 Å². The van der Waals surface area contributed by atoms with Gasteiger partial charge in [-0.3, -0.25) is 9.59 Å². The number of nitrogens with zero attached hydrogens (tertiary/aromatic N) is 1. The summed E-state index contributed by atoms with van der Waals surface area (Å²) < 4.78 is 10.5. The van der Waals surface area contributed by atoms with Crippen LogP contribution in [0.25, 0.3) is 11.3 Å². The Kier molecular flexibility index (Phi) is 8.15. The lowest BCUT2D eigenvalue weighted by atomic mass is 10.0. The molecule has 3 rings (SSSR count). The molecule has 0 radical (unpaired) electrons. The molecule has 0 aliphatic heterocycles. The van der Waals surface area contributed by atoms with Gasteiger partial charge in [0.05, 0.1) is 25.3 Å². The van der Waals surface area contributed by atoms with E-state index in [1.807, 2.05) is 31.4 Å². The summed E-state index contributed by atoms with van der Waals surface area (Å²) in [5.41, 5.74) is 3.57. The Morgan fingerprint density at radius 2 is 1.97 bits per heavy atom. The molecule has 2 aromatic heterocycles. The zero-order chi connectivity index (χ0) is 23.8. The van der Waals surface area contributed by atoms with E-state index in [1.165, 1.54) is 24.7 Å². The molecule has 0 spiro atoms. The lowest BCUT2D eigenvalue weighted by molar-refractivity contribution is -0.129. The molecule has 0 saturated carbocycles. The minimum atomic E-state index is -0.720. The second-order valence-corrected chi connectivity index (χ2v) is 8.59. The van der Waals surface area contributed by atoms with Gasteiger partial charge in [-0.25, -0.2) is 10.2 Å². The molecule has 1 unspecified atom stereocenters. The number of thiophene rings is 1. The Morgan fingerprint density at radius 3 is 2.67 bits per heavy atom. The molecule has 0 saturated heterocycles. The van der Waals surface area contributed by atoms with Crippen molar-refractivity contribution < 1.29 is 23.5 Å². The maximum absolute atomic E-state index is 12.6. The van der Waals surface area contributed by atoms with E-state index in [9.17, 15) is 14.4 Å². The van der Waals surface area contributed by atoms with E-state index in [2.05, 4.69) is 15.8 Å². The first-order valence-electron chi connectivity index (χ1n) is 10.3. The molecule has 33 heavy (non-hydrogen) atoms. The summed E-state index contributed by atoms with van der Waals surface area (Å²) in [4.78, 5) is 37.5. The highest BCUT2D eigenvalue weighted by atomic mass is 32.1. The van der Waals surface area contributed by atoms with Gasteiger partial charge in [0.15, 0.2) is 0 Å². The fourth-order valence-electron chi connectivity index (χ4n) is 3.05. The first-order valence-corrected chi connectivity index (χ1v) is 11.2. The van der Waals surface area contributed by atoms with Crippen LogP contribution < -0.4 is 10.7 Å². The largest absolute Gasteiger partial charge is 0.465 e. The normalized spacial score (nSPS) is 12.0. The maximum Gasteiger partial charge on any atom is 0.337 e. The third-order valence-corrected chi connectivity index (χ3v) is 5.62. The fourth-order valence-corrected chi connectivity index (χ4v) is 3.76. The molecular formula is C24H25N3O5S. The number of hydrogen-bond acceptors (Lipinski definition) is 7. The van der Waals surface area contributed by atoms with Crippen molar-refractivity contribution in [2.45, 2.75) is 26.3 Å². The van der Waals surface area contributed by atoms with Crippen LogP contribution in [0, 0.1) is 5.92 Å². The number of hydrogen-bond donors (Lipinski definition) is 2. The number of amides is 2. The third kappa shape index (κ3) is 6.63. The second kappa shape index (κ2) is 11.2. The number of benzene rings is 1. The molecule has 2 amide bonds. The van der Waals surface area contributed by atoms with Crippen LogP contribution in [0.3, 0.4) is 0 Å². The average molecular weight is 468 g/mol. The molecule has 8 nitrogen and oxygen atoms in total. The van der Waals surface area contributed by atoms with Crippen molar-refractivity contribution in [2.75, 3.05) is 7.11 Å². The smallest absolute Gasteiger partial charge is 0.337 e. The second-order valence-electron chi connectivity index (χ2n) is 7.55. The van der Waals surface area contributed by atoms with Crippen LogP contribution in [0.4, 0.5) is 0 Å². The highest BCUT2D eigenvalue weighted by molar-refractivity contribution is 7.10. The maximum atomic E-state index is 12.6. The predicted octanol–water partition coefficient (Wildman–Crippen LogP) is 3.63. The van der Waals surface area contributed by atoms with Crippen LogP contribution in [0.1, 0.15) is 34.8 Å². The highest BCUT2D eigenvalue weighted by Gasteiger charge is 2.24. The number of methoxy groups -OCH3 is 1. The summed E-state index contributed by atoms with van der Waals surface area (Å²) in [5.74, 6) is -0.246. The first-order chi connectivity index (χ1) is 15.9. The summed E-state index contributed by atoms with van der Waals surface area (Å²) in [6.07, 6.45) is 1.60. The predicted molar refractivity (Wildman–Crippen MR) is 126 cm³/mol. The number of ether oxygens (including phenoxy) is 1. The minimum absolute atomic E-state index is 0.121. The summed E-state index contributed by atoms with van der Waals surface area (Å²) in [5, 5.41) is 8.62. The van der Waals surface area contributed by atoms with Gasteiger partial charge in [-0.2, -0.15) is 5.10 Å². The summed E-state index contributed by atoms with van der Waals surface area (Å²) in [6.45, 7) is 3.70. The number of rotatable bonds is 9. The molecule has 3 aromatic rings. The first kappa shape index (κ1) is 23.9. The Hall–Kier alpha value is -3.72. The number of esters is 1. The number of carbonyl (C=O) groups excluding carboxylic acids is 3. The number of nitrogens with one attached hydrogen (secondary N) is 2. The summed E-state index contributed by atoms with van der Waals surface area (Å²) >= 11 is 1.49. The molecule has 9 heteroatoms. The molecule has 1 aromatic carbocycles. The molecule has 0 fully saturated rings. The van der Waals surface area contributed by atoms with E-state index in [0.29, 0.717) is 22.6 Å². The van der Waals surface area contributed by atoms with Gasteiger partial charge in [0, 0.05) is 10.4 Å². The molecule has 0 bridgehead atoms. The highest BCUT2D eigenvalue weighted by Crippen LogP contribution is 2.23. The van der Waals surface area contributed by atoms with Crippen molar-refractivity contribution in [3.63, 3.8) is 0 Å². The van der Waals surface area contributed by atoms with Crippen LogP contribution in [0.2, 0.25) is 0 Å². The zero-order valence-electron chi connectivity index (χ0n) is 18.5. The molecule has 0 aliphatic carbocycles. The Morgan fingerprint density at radius 1 is 1.15 bits per heavy atom. The van der Waals surface area contributed by atoms with E-state index < -0.39 is 17.9 Å². The Balaban J connectivity index is 1.59. The van der Waals surface area contributed by atoms with Gasteiger partial charge in [-0.15, -0.1) is 11.3 Å². The molecular weight excluding hydrogens is 442 g/mol. The zero-order valence-corrected chi connectivity index (χ0v) is 19.3. The van der Waals surface area contributed by atoms with Crippen LogP contribution in [0.5, 0.6) is 0 Å². The van der Waals surface area contributed by atoms with Crippen molar-refractivity contribution in [1.82, 2.24) is 10.7 Å². The van der Waals surface area contributed by atoms with Gasteiger partial charge >= 0.3 is 5.97 Å². The Labute approximate surface area is 195 Å². The van der Waals surface area contributed by atoms with Crippen molar-refractivity contribution in [3.8, 4) is 11.3 Å². The van der Waals surface area contributed by atoms with Crippen LogP contribution in [0.15, 0.2) is 63.4 Å².